The zero-order valence-electron chi connectivity index (χ0n) is 8.25. The molecule has 2 atom stereocenters. The highest BCUT2D eigenvalue weighted by Crippen LogP contribution is 2.17. The molecule has 0 amide bonds. The van der Waals surface area contributed by atoms with Crippen LogP contribution in [0.4, 0.5) is 0 Å². The second kappa shape index (κ2) is 3.73. The molecule has 1 N–H and O–H groups in total. The van der Waals surface area contributed by atoms with Crippen molar-refractivity contribution in [3.8, 4) is 0 Å². The topological polar surface area (TPSA) is 58.9 Å². The van der Waals surface area contributed by atoms with Crippen molar-refractivity contribution in [3.63, 3.8) is 0 Å². The SMILES string of the molecule is CC1N=C(c2ccccc2)OC1C(=O)O. The average molecular weight is 205 g/mol. The fraction of sp³-hybridized carbons (Fsp3) is 0.273. The van der Waals surface area contributed by atoms with Gasteiger partial charge in [0.2, 0.25) is 12.0 Å². The van der Waals surface area contributed by atoms with E-state index in [1.54, 1.807) is 6.92 Å². The van der Waals surface area contributed by atoms with Gasteiger partial charge in [-0.3, -0.25) is 0 Å². The molecule has 0 aromatic heterocycles. The number of carbonyl (C=O) groups is 1. The maximum Gasteiger partial charge on any atom is 0.347 e. The Balaban J connectivity index is 2.21. The van der Waals surface area contributed by atoms with Gasteiger partial charge in [0.05, 0.1) is 6.04 Å². The van der Waals surface area contributed by atoms with Gasteiger partial charge in [0, 0.05) is 5.56 Å². The van der Waals surface area contributed by atoms with E-state index in [-0.39, 0.29) is 6.04 Å². The van der Waals surface area contributed by atoms with Gasteiger partial charge < -0.3 is 9.84 Å². The lowest BCUT2D eigenvalue weighted by molar-refractivity contribution is -0.145. The third kappa shape index (κ3) is 1.83. The van der Waals surface area contributed by atoms with Gasteiger partial charge in [0.25, 0.3) is 0 Å². The van der Waals surface area contributed by atoms with E-state index in [0.29, 0.717) is 5.90 Å². The fourth-order valence-corrected chi connectivity index (χ4v) is 1.48. The summed E-state index contributed by atoms with van der Waals surface area (Å²) < 4.78 is 5.27. The minimum Gasteiger partial charge on any atom is -0.478 e. The summed E-state index contributed by atoms with van der Waals surface area (Å²) in [7, 11) is 0. The van der Waals surface area contributed by atoms with Crippen LogP contribution in [0.3, 0.4) is 0 Å². The summed E-state index contributed by atoms with van der Waals surface area (Å²) >= 11 is 0. The number of carboxylic acid groups (broad SMARTS) is 1. The van der Waals surface area contributed by atoms with Crippen LogP contribution in [0.1, 0.15) is 12.5 Å². The Kier molecular flexibility index (Phi) is 2.41. The van der Waals surface area contributed by atoms with E-state index < -0.39 is 12.1 Å². The van der Waals surface area contributed by atoms with Gasteiger partial charge in [-0.25, -0.2) is 9.79 Å². The molecule has 0 spiro atoms. The predicted molar refractivity (Wildman–Crippen MR) is 54.9 cm³/mol. The molecule has 15 heavy (non-hydrogen) atoms. The molecule has 0 fully saturated rings. The molecule has 2 unspecified atom stereocenters. The normalized spacial score (nSPS) is 24.5. The second-order valence-electron chi connectivity index (χ2n) is 3.42. The lowest BCUT2D eigenvalue weighted by Crippen LogP contribution is -2.29. The van der Waals surface area contributed by atoms with Crippen molar-refractivity contribution in [1.29, 1.82) is 0 Å². The van der Waals surface area contributed by atoms with Crippen molar-refractivity contribution in [3.05, 3.63) is 35.9 Å². The Morgan fingerprint density at radius 2 is 2.07 bits per heavy atom. The molecule has 1 aromatic carbocycles. The molecule has 0 bridgehead atoms. The standard InChI is InChI=1S/C11H11NO3/c1-7-9(11(13)14)15-10(12-7)8-5-3-2-4-6-8/h2-7,9H,1H3,(H,13,14). The molecule has 4 nitrogen and oxygen atoms in total. The van der Waals surface area contributed by atoms with Gasteiger partial charge in [-0.1, -0.05) is 18.2 Å². The molecular weight excluding hydrogens is 194 g/mol. The first-order valence-corrected chi connectivity index (χ1v) is 4.71. The summed E-state index contributed by atoms with van der Waals surface area (Å²) in [5, 5.41) is 8.85. The summed E-state index contributed by atoms with van der Waals surface area (Å²) in [6, 6.07) is 8.96. The lowest BCUT2D eigenvalue weighted by Gasteiger charge is -2.08. The van der Waals surface area contributed by atoms with Gasteiger partial charge >= 0.3 is 5.97 Å². The van der Waals surface area contributed by atoms with Gasteiger partial charge in [0.15, 0.2) is 0 Å². The number of ether oxygens (including phenoxy) is 1. The Morgan fingerprint density at radius 3 is 2.60 bits per heavy atom. The number of rotatable bonds is 2. The zero-order valence-corrected chi connectivity index (χ0v) is 8.25. The van der Waals surface area contributed by atoms with Crippen LogP contribution in [0, 0.1) is 0 Å². The highest BCUT2D eigenvalue weighted by molar-refractivity contribution is 5.97. The predicted octanol–water partition coefficient (Wildman–Crippen LogP) is 1.31. The third-order valence-electron chi connectivity index (χ3n) is 2.26. The molecular formula is C11H11NO3. The minimum atomic E-state index is -0.975. The summed E-state index contributed by atoms with van der Waals surface area (Å²) in [6.45, 7) is 1.73. The average Bonchev–Trinajstić information content (AvgIpc) is 2.62. The molecule has 1 aliphatic rings. The molecule has 0 saturated heterocycles. The van der Waals surface area contributed by atoms with E-state index in [2.05, 4.69) is 4.99 Å². The molecule has 2 rings (SSSR count). The van der Waals surface area contributed by atoms with E-state index >= 15 is 0 Å². The largest absolute Gasteiger partial charge is 0.478 e. The van der Waals surface area contributed by atoms with E-state index in [0.717, 1.165) is 5.56 Å². The van der Waals surface area contributed by atoms with Crippen LogP contribution in [0.2, 0.25) is 0 Å². The Labute approximate surface area is 87.2 Å². The van der Waals surface area contributed by atoms with Crippen molar-refractivity contribution in [2.24, 2.45) is 4.99 Å². The Bertz CT molecular complexity index is 400. The number of aliphatic imine (C=N–C) groups is 1. The van der Waals surface area contributed by atoms with Crippen LogP contribution in [0.15, 0.2) is 35.3 Å². The fourth-order valence-electron chi connectivity index (χ4n) is 1.48. The van der Waals surface area contributed by atoms with Crippen LogP contribution < -0.4 is 0 Å². The number of benzene rings is 1. The molecule has 1 aliphatic heterocycles. The van der Waals surface area contributed by atoms with Crippen LogP contribution in [0.25, 0.3) is 0 Å². The number of nitrogens with zero attached hydrogens (tertiary/aromatic N) is 1. The summed E-state index contributed by atoms with van der Waals surface area (Å²) in [5.41, 5.74) is 0.813. The maximum atomic E-state index is 10.8. The quantitative estimate of drug-likeness (QED) is 0.791. The van der Waals surface area contributed by atoms with Crippen LogP contribution in [-0.4, -0.2) is 29.1 Å². The number of hydrogen-bond donors (Lipinski definition) is 1. The molecule has 4 heteroatoms. The molecule has 1 aromatic rings. The maximum absolute atomic E-state index is 10.8. The monoisotopic (exact) mass is 205 g/mol. The van der Waals surface area contributed by atoms with Gasteiger partial charge in [-0.15, -0.1) is 0 Å². The van der Waals surface area contributed by atoms with Crippen LogP contribution >= 0.6 is 0 Å². The first kappa shape index (κ1) is 9.71. The zero-order chi connectivity index (χ0) is 10.8. The minimum absolute atomic E-state index is 0.335. The van der Waals surface area contributed by atoms with Crippen molar-refractivity contribution in [1.82, 2.24) is 0 Å². The van der Waals surface area contributed by atoms with Gasteiger partial charge in [0.1, 0.15) is 0 Å². The van der Waals surface area contributed by atoms with Gasteiger partial charge in [-0.2, -0.15) is 0 Å². The number of aliphatic carboxylic acids is 1. The molecule has 1 heterocycles. The molecule has 78 valence electrons. The van der Waals surface area contributed by atoms with Crippen molar-refractivity contribution in [2.75, 3.05) is 0 Å². The first-order chi connectivity index (χ1) is 7.18. The van der Waals surface area contributed by atoms with E-state index in [1.807, 2.05) is 30.3 Å². The first-order valence-electron chi connectivity index (χ1n) is 4.71. The van der Waals surface area contributed by atoms with Crippen molar-refractivity contribution >= 4 is 11.9 Å². The third-order valence-corrected chi connectivity index (χ3v) is 2.26. The Hall–Kier alpha value is -1.84. The smallest absolute Gasteiger partial charge is 0.347 e. The van der Waals surface area contributed by atoms with E-state index in [1.165, 1.54) is 0 Å². The lowest BCUT2D eigenvalue weighted by atomic mass is 10.2. The summed E-state index contributed by atoms with van der Waals surface area (Å²) in [5.74, 6) is -0.562. The number of carboxylic acids is 1. The van der Waals surface area contributed by atoms with Gasteiger partial charge in [-0.05, 0) is 19.1 Å². The Morgan fingerprint density at radius 1 is 1.40 bits per heavy atom. The van der Waals surface area contributed by atoms with Crippen LogP contribution in [-0.2, 0) is 9.53 Å². The summed E-state index contributed by atoms with van der Waals surface area (Å²) in [6.07, 6.45) is -0.861. The molecule has 0 aliphatic carbocycles. The summed E-state index contributed by atoms with van der Waals surface area (Å²) in [4.78, 5) is 15.0. The molecule has 0 saturated carbocycles. The number of hydrogen-bond acceptors (Lipinski definition) is 3. The van der Waals surface area contributed by atoms with E-state index in [9.17, 15) is 4.79 Å². The highest BCUT2D eigenvalue weighted by atomic mass is 16.5. The van der Waals surface area contributed by atoms with Crippen molar-refractivity contribution in [2.45, 2.75) is 19.1 Å². The second-order valence-corrected chi connectivity index (χ2v) is 3.42. The van der Waals surface area contributed by atoms with Crippen LogP contribution in [0.5, 0.6) is 0 Å². The highest BCUT2D eigenvalue weighted by Gasteiger charge is 2.33. The van der Waals surface area contributed by atoms with Crippen molar-refractivity contribution < 1.29 is 14.6 Å². The molecule has 0 radical (unpaired) electrons. The van der Waals surface area contributed by atoms with E-state index in [4.69, 9.17) is 9.84 Å².